The summed E-state index contributed by atoms with van der Waals surface area (Å²) >= 11 is 1.62. The van der Waals surface area contributed by atoms with Crippen molar-refractivity contribution in [2.75, 3.05) is 31.6 Å². The highest BCUT2D eigenvalue weighted by atomic mass is 32.1. The maximum atomic E-state index is 11.6. The summed E-state index contributed by atoms with van der Waals surface area (Å²) in [4.78, 5) is 25.2. The molecule has 6 heteroatoms. The van der Waals surface area contributed by atoms with E-state index in [1.165, 1.54) is 0 Å². The molecule has 5 nitrogen and oxygen atoms in total. The van der Waals surface area contributed by atoms with Crippen LogP contribution in [-0.4, -0.2) is 47.5 Å². The van der Waals surface area contributed by atoms with Crippen molar-refractivity contribution in [2.45, 2.75) is 12.8 Å². The fourth-order valence-electron chi connectivity index (χ4n) is 2.40. The lowest BCUT2D eigenvalue weighted by Gasteiger charge is -2.22. The molecule has 2 aromatic heterocycles. The number of hydrogen-bond donors (Lipinski definition) is 0. The van der Waals surface area contributed by atoms with Gasteiger partial charge in [-0.1, -0.05) is 0 Å². The lowest BCUT2D eigenvalue weighted by molar-refractivity contribution is -0.127. The maximum Gasteiger partial charge on any atom is 0.222 e. The largest absolute Gasteiger partial charge is 0.357 e. The van der Waals surface area contributed by atoms with Crippen molar-refractivity contribution in [1.82, 2.24) is 14.9 Å². The lowest BCUT2D eigenvalue weighted by Crippen LogP contribution is -2.34. The van der Waals surface area contributed by atoms with E-state index in [-0.39, 0.29) is 5.91 Å². The number of hydrogen-bond acceptors (Lipinski definition) is 5. The second-order valence-electron chi connectivity index (χ2n) is 4.74. The SMILES string of the molecule is CN(CCN1CCCC1=O)c1ncnc2sccc12. The Balaban J connectivity index is 1.71. The van der Waals surface area contributed by atoms with Gasteiger partial charge in [-0.2, -0.15) is 0 Å². The number of carbonyl (C=O) groups excluding carboxylic acids is 1. The second-order valence-corrected chi connectivity index (χ2v) is 5.64. The molecule has 100 valence electrons. The summed E-state index contributed by atoms with van der Waals surface area (Å²) in [5, 5.41) is 3.11. The zero-order valence-electron chi connectivity index (χ0n) is 10.9. The van der Waals surface area contributed by atoms with Crippen molar-refractivity contribution in [1.29, 1.82) is 0 Å². The smallest absolute Gasteiger partial charge is 0.222 e. The zero-order chi connectivity index (χ0) is 13.2. The third kappa shape index (κ3) is 2.40. The first-order valence-electron chi connectivity index (χ1n) is 6.43. The molecular weight excluding hydrogens is 260 g/mol. The molecule has 3 rings (SSSR count). The fourth-order valence-corrected chi connectivity index (χ4v) is 3.13. The van der Waals surface area contributed by atoms with Crippen LogP contribution in [0.4, 0.5) is 5.82 Å². The van der Waals surface area contributed by atoms with Crippen LogP contribution in [0.3, 0.4) is 0 Å². The van der Waals surface area contributed by atoms with Gasteiger partial charge in [0.1, 0.15) is 17.0 Å². The first kappa shape index (κ1) is 12.3. The molecule has 1 fully saturated rings. The number of aromatic nitrogens is 2. The molecule has 1 amide bonds. The molecule has 0 aromatic carbocycles. The van der Waals surface area contributed by atoms with Crippen molar-refractivity contribution in [3.05, 3.63) is 17.8 Å². The molecular formula is C13H16N4OS. The summed E-state index contributed by atoms with van der Waals surface area (Å²) in [5.74, 6) is 1.22. The van der Waals surface area contributed by atoms with Gasteiger partial charge >= 0.3 is 0 Å². The van der Waals surface area contributed by atoms with Gasteiger partial charge in [0.2, 0.25) is 5.91 Å². The van der Waals surface area contributed by atoms with Crippen molar-refractivity contribution in [3.63, 3.8) is 0 Å². The number of thiophene rings is 1. The van der Waals surface area contributed by atoms with E-state index in [0.717, 1.165) is 42.1 Å². The Morgan fingerprint density at radius 3 is 3.16 bits per heavy atom. The quantitative estimate of drug-likeness (QED) is 0.853. The van der Waals surface area contributed by atoms with Crippen molar-refractivity contribution in [2.24, 2.45) is 0 Å². The standard InChI is InChI=1S/C13H16N4OS/c1-16(6-7-17-5-2-3-11(17)18)12-10-4-8-19-13(10)15-9-14-12/h4,8-9H,2-3,5-7H2,1H3. The highest BCUT2D eigenvalue weighted by molar-refractivity contribution is 7.16. The minimum Gasteiger partial charge on any atom is -0.357 e. The minimum absolute atomic E-state index is 0.275. The van der Waals surface area contributed by atoms with Crippen LogP contribution < -0.4 is 4.90 Å². The number of amides is 1. The Labute approximate surface area is 115 Å². The predicted molar refractivity (Wildman–Crippen MR) is 76.5 cm³/mol. The van der Waals surface area contributed by atoms with Crippen LogP contribution in [0, 0.1) is 0 Å². The van der Waals surface area contributed by atoms with Gasteiger partial charge in [-0.3, -0.25) is 4.79 Å². The average molecular weight is 276 g/mol. The molecule has 1 saturated heterocycles. The van der Waals surface area contributed by atoms with Gasteiger partial charge in [0, 0.05) is 33.1 Å². The highest BCUT2D eigenvalue weighted by Gasteiger charge is 2.20. The molecule has 0 spiro atoms. The molecule has 0 atom stereocenters. The van der Waals surface area contributed by atoms with E-state index in [4.69, 9.17) is 0 Å². The summed E-state index contributed by atoms with van der Waals surface area (Å²) in [6.45, 7) is 2.46. The second kappa shape index (κ2) is 5.13. The molecule has 0 unspecified atom stereocenters. The Hall–Kier alpha value is -1.69. The topological polar surface area (TPSA) is 49.3 Å². The Morgan fingerprint density at radius 1 is 1.47 bits per heavy atom. The van der Waals surface area contributed by atoms with Gasteiger partial charge in [0.05, 0.1) is 5.39 Å². The van der Waals surface area contributed by atoms with E-state index in [9.17, 15) is 4.79 Å². The van der Waals surface area contributed by atoms with Gasteiger partial charge in [0.15, 0.2) is 0 Å². The molecule has 0 aliphatic carbocycles. The summed E-state index contributed by atoms with van der Waals surface area (Å²) in [5.41, 5.74) is 0. The Morgan fingerprint density at radius 2 is 2.37 bits per heavy atom. The summed E-state index contributed by atoms with van der Waals surface area (Å²) in [6.07, 6.45) is 3.29. The molecule has 1 aliphatic rings. The van der Waals surface area contributed by atoms with Gasteiger partial charge in [0.25, 0.3) is 0 Å². The zero-order valence-corrected chi connectivity index (χ0v) is 11.7. The van der Waals surface area contributed by atoms with E-state index in [1.807, 2.05) is 23.4 Å². The third-order valence-electron chi connectivity index (χ3n) is 3.48. The number of nitrogens with zero attached hydrogens (tertiary/aromatic N) is 4. The van der Waals surface area contributed by atoms with Crippen molar-refractivity contribution < 1.29 is 4.79 Å². The molecule has 1 aliphatic heterocycles. The molecule has 0 N–H and O–H groups in total. The monoisotopic (exact) mass is 276 g/mol. The van der Waals surface area contributed by atoms with E-state index >= 15 is 0 Å². The van der Waals surface area contributed by atoms with Crippen molar-refractivity contribution >= 4 is 33.3 Å². The third-order valence-corrected chi connectivity index (χ3v) is 4.30. The molecule has 2 aromatic rings. The van der Waals surface area contributed by atoms with Crippen LogP contribution in [0.15, 0.2) is 17.8 Å². The average Bonchev–Trinajstić information content (AvgIpc) is 3.04. The van der Waals surface area contributed by atoms with Gasteiger partial charge in [-0.05, 0) is 17.9 Å². The van der Waals surface area contributed by atoms with E-state index in [2.05, 4.69) is 14.9 Å². The number of rotatable bonds is 4. The fraction of sp³-hybridized carbons (Fsp3) is 0.462. The minimum atomic E-state index is 0.275. The maximum absolute atomic E-state index is 11.6. The van der Waals surface area contributed by atoms with Gasteiger partial charge in [-0.15, -0.1) is 11.3 Å². The normalized spacial score (nSPS) is 15.4. The summed E-state index contributed by atoms with van der Waals surface area (Å²) in [6, 6.07) is 2.05. The number of anilines is 1. The van der Waals surface area contributed by atoms with Gasteiger partial charge < -0.3 is 9.80 Å². The Bertz CT molecular complexity index is 597. The lowest BCUT2D eigenvalue weighted by atomic mass is 10.3. The van der Waals surface area contributed by atoms with Crippen LogP contribution in [0.1, 0.15) is 12.8 Å². The van der Waals surface area contributed by atoms with Crippen LogP contribution in [-0.2, 0) is 4.79 Å². The first-order valence-corrected chi connectivity index (χ1v) is 7.31. The predicted octanol–water partition coefficient (Wildman–Crippen LogP) is 1.75. The van der Waals surface area contributed by atoms with Crippen LogP contribution >= 0.6 is 11.3 Å². The number of likely N-dealkylation sites (N-methyl/N-ethyl adjacent to an activating group) is 1. The van der Waals surface area contributed by atoms with Crippen LogP contribution in [0.2, 0.25) is 0 Å². The van der Waals surface area contributed by atoms with E-state index in [0.29, 0.717) is 6.42 Å². The summed E-state index contributed by atoms with van der Waals surface area (Å²) < 4.78 is 0. The summed E-state index contributed by atoms with van der Waals surface area (Å²) in [7, 11) is 2.01. The van der Waals surface area contributed by atoms with Crippen LogP contribution in [0.25, 0.3) is 10.2 Å². The number of carbonyl (C=O) groups is 1. The molecule has 0 bridgehead atoms. The molecule has 0 saturated carbocycles. The molecule has 0 radical (unpaired) electrons. The highest BCUT2D eigenvalue weighted by Crippen LogP contribution is 2.25. The van der Waals surface area contributed by atoms with Crippen LogP contribution in [0.5, 0.6) is 0 Å². The number of fused-ring (bicyclic) bond motifs is 1. The van der Waals surface area contributed by atoms with E-state index < -0.39 is 0 Å². The molecule has 3 heterocycles. The Kier molecular flexibility index (Phi) is 3.33. The first-order chi connectivity index (χ1) is 9.25. The number of likely N-dealkylation sites (tertiary alicyclic amines) is 1. The van der Waals surface area contributed by atoms with Gasteiger partial charge in [-0.25, -0.2) is 9.97 Å². The van der Waals surface area contributed by atoms with E-state index in [1.54, 1.807) is 17.7 Å². The molecule has 19 heavy (non-hydrogen) atoms. The van der Waals surface area contributed by atoms with Crippen molar-refractivity contribution in [3.8, 4) is 0 Å².